The van der Waals surface area contributed by atoms with E-state index in [4.69, 9.17) is 9.15 Å². The standard InChI is InChI=1S/C27H41FN2O6/c1-7-18-24(33)15(2)9-8-10-27(6)22(36-27)12-20(19(28)11-17-14-35-16(3)29-17)30-23(32)13-21(31)26(4,5)25(18)34/h11,14-15,18,20-22,24,31,33H,7-10,12-13H2,1-6H3,(H,30,32)/b19-11-. The largest absolute Gasteiger partial charge is 0.449 e. The third kappa shape index (κ3) is 6.42. The van der Waals surface area contributed by atoms with Crippen LogP contribution >= 0.6 is 0 Å². The molecular weight excluding hydrogens is 467 g/mol. The number of halogens is 1. The molecule has 1 aromatic heterocycles. The van der Waals surface area contributed by atoms with Crippen molar-refractivity contribution in [2.45, 2.75) is 110 Å². The molecule has 1 aromatic rings. The van der Waals surface area contributed by atoms with Crippen molar-refractivity contribution in [3.05, 3.63) is 23.7 Å². The molecule has 36 heavy (non-hydrogen) atoms. The van der Waals surface area contributed by atoms with Crippen molar-refractivity contribution in [2.75, 3.05) is 0 Å². The molecule has 3 N–H and O–H groups in total. The SMILES string of the molecule is CCC1C(=O)C(C)(C)C(O)CC(=O)NC(/C(F)=C/c2coc(C)n2)CC2OC2(C)CCCC(C)C1O. The number of ether oxygens (including phenoxy) is 1. The molecule has 9 heteroatoms. The van der Waals surface area contributed by atoms with Gasteiger partial charge in [-0.05, 0) is 32.1 Å². The molecular formula is C27H41FN2O6. The van der Waals surface area contributed by atoms with Crippen LogP contribution in [0, 0.1) is 24.2 Å². The van der Waals surface area contributed by atoms with Crippen LogP contribution in [0.3, 0.4) is 0 Å². The van der Waals surface area contributed by atoms with Crippen LogP contribution in [-0.2, 0) is 14.3 Å². The van der Waals surface area contributed by atoms with Crippen LogP contribution in [0.4, 0.5) is 4.39 Å². The highest BCUT2D eigenvalue weighted by molar-refractivity contribution is 5.88. The van der Waals surface area contributed by atoms with Gasteiger partial charge in [-0.2, -0.15) is 0 Å². The van der Waals surface area contributed by atoms with Crippen LogP contribution in [0.5, 0.6) is 0 Å². The van der Waals surface area contributed by atoms with Crippen LogP contribution in [0.1, 0.15) is 84.7 Å². The fourth-order valence-electron chi connectivity index (χ4n) is 5.20. The molecule has 202 valence electrons. The maximum absolute atomic E-state index is 15.3. The van der Waals surface area contributed by atoms with Gasteiger partial charge in [0.1, 0.15) is 23.6 Å². The number of carbonyl (C=O) groups is 2. The van der Waals surface area contributed by atoms with Gasteiger partial charge in [0.05, 0.1) is 41.8 Å². The molecule has 7 atom stereocenters. The average Bonchev–Trinajstić information content (AvgIpc) is 3.24. The Morgan fingerprint density at radius 1 is 1.31 bits per heavy atom. The molecule has 2 fully saturated rings. The van der Waals surface area contributed by atoms with Gasteiger partial charge in [-0.1, -0.05) is 34.1 Å². The van der Waals surface area contributed by atoms with Gasteiger partial charge in [-0.3, -0.25) is 9.59 Å². The predicted molar refractivity (Wildman–Crippen MR) is 132 cm³/mol. The quantitative estimate of drug-likeness (QED) is 0.529. The summed E-state index contributed by atoms with van der Waals surface area (Å²) in [6.07, 6.45) is 2.63. The maximum atomic E-state index is 15.3. The third-order valence-electron chi connectivity index (χ3n) is 8.03. The number of hydrogen-bond acceptors (Lipinski definition) is 7. The van der Waals surface area contributed by atoms with Crippen LogP contribution in [0.2, 0.25) is 0 Å². The van der Waals surface area contributed by atoms with Crippen LogP contribution < -0.4 is 5.32 Å². The lowest BCUT2D eigenvalue weighted by Gasteiger charge is -2.35. The summed E-state index contributed by atoms with van der Waals surface area (Å²) in [5.74, 6) is -1.83. The second-order valence-electron chi connectivity index (χ2n) is 11.3. The zero-order valence-corrected chi connectivity index (χ0v) is 22.2. The number of aliphatic hydroxyl groups excluding tert-OH is 2. The van der Waals surface area contributed by atoms with Gasteiger partial charge in [0, 0.05) is 25.3 Å². The molecule has 3 rings (SSSR count). The number of amides is 1. The summed E-state index contributed by atoms with van der Waals surface area (Å²) in [5.41, 5.74) is -1.41. The fraction of sp³-hybridized carbons (Fsp3) is 0.741. The van der Waals surface area contributed by atoms with Crippen LogP contribution in [-0.4, -0.2) is 56.8 Å². The molecule has 3 heterocycles. The number of Topliss-reactive ketones (excluding diaryl/α,β-unsaturated/α-hetero) is 1. The first-order chi connectivity index (χ1) is 16.8. The Morgan fingerprint density at radius 3 is 2.61 bits per heavy atom. The highest BCUT2D eigenvalue weighted by Gasteiger charge is 2.53. The normalized spacial score (nSPS) is 36.8. The number of epoxide rings is 1. The van der Waals surface area contributed by atoms with Crippen molar-refractivity contribution in [3.63, 3.8) is 0 Å². The number of aliphatic hydroxyl groups is 2. The molecule has 1 amide bonds. The molecule has 0 spiro atoms. The Labute approximate surface area is 212 Å². The highest BCUT2D eigenvalue weighted by atomic mass is 19.1. The van der Waals surface area contributed by atoms with Crippen LogP contribution in [0.15, 0.2) is 16.5 Å². The van der Waals surface area contributed by atoms with Gasteiger partial charge >= 0.3 is 0 Å². The van der Waals surface area contributed by atoms with Gasteiger partial charge in [0.25, 0.3) is 0 Å². The first kappa shape index (κ1) is 28.5. The smallest absolute Gasteiger partial charge is 0.223 e. The van der Waals surface area contributed by atoms with E-state index in [2.05, 4.69) is 10.3 Å². The van der Waals surface area contributed by atoms with Gasteiger partial charge in [-0.25, -0.2) is 9.37 Å². The summed E-state index contributed by atoms with van der Waals surface area (Å²) in [6.45, 7) is 10.6. The average molecular weight is 509 g/mol. The zero-order valence-electron chi connectivity index (χ0n) is 22.2. The van der Waals surface area contributed by atoms with Crippen molar-refractivity contribution >= 4 is 17.8 Å². The maximum Gasteiger partial charge on any atom is 0.223 e. The van der Waals surface area contributed by atoms with E-state index in [-0.39, 0.29) is 30.6 Å². The Bertz CT molecular complexity index is 975. The number of oxazole rings is 1. The molecule has 0 aromatic carbocycles. The molecule has 7 unspecified atom stereocenters. The molecule has 0 saturated carbocycles. The van der Waals surface area contributed by atoms with E-state index in [0.717, 1.165) is 12.8 Å². The summed E-state index contributed by atoms with van der Waals surface area (Å²) < 4.78 is 26.4. The summed E-state index contributed by atoms with van der Waals surface area (Å²) in [7, 11) is 0. The van der Waals surface area contributed by atoms with Crippen molar-refractivity contribution in [1.29, 1.82) is 0 Å². The monoisotopic (exact) mass is 508 g/mol. The Balaban J connectivity index is 1.87. The fourth-order valence-corrected chi connectivity index (χ4v) is 5.20. The summed E-state index contributed by atoms with van der Waals surface area (Å²) in [5, 5.41) is 24.6. The second-order valence-corrected chi connectivity index (χ2v) is 11.3. The number of rotatable bonds is 3. The van der Waals surface area contributed by atoms with Gasteiger partial charge in [0.2, 0.25) is 5.91 Å². The van der Waals surface area contributed by atoms with Gasteiger partial charge < -0.3 is 24.7 Å². The number of fused-ring (bicyclic) bond motifs is 1. The van der Waals surface area contributed by atoms with Crippen molar-refractivity contribution < 1.29 is 33.3 Å². The molecule has 0 bridgehead atoms. The van der Waals surface area contributed by atoms with E-state index in [1.165, 1.54) is 12.3 Å². The lowest BCUT2D eigenvalue weighted by atomic mass is 9.71. The lowest BCUT2D eigenvalue weighted by Crippen LogP contribution is -2.48. The first-order valence-electron chi connectivity index (χ1n) is 12.9. The van der Waals surface area contributed by atoms with E-state index in [1.54, 1.807) is 20.8 Å². The molecule has 2 aliphatic rings. The van der Waals surface area contributed by atoms with Crippen molar-refractivity contribution in [2.24, 2.45) is 17.3 Å². The lowest BCUT2D eigenvalue weighted by molar-refractivity contribution is -0.144. The zero-order chi connectivity index (χ0) is 26.8. The highest BCUT2D eigenvalue weighted by Crippen LogP contribution is 2.44. The van der Waals surface area contributed by atoms with E-state index < -0.39 is 46.9 Å². The third-order valence-corrected chi connectivity index (χ3v) is 8.03. The van der Waals surface area contributed by atoms with Crippen molar-refractivity contribution in [1.82, 2.24) is 10.3 Å². The minimum atomic E-state index is -1.30. The second kappa shape index (κ2) is 11.1. The van der Waals surface area contributed by atoms with Gasteiger partial charge in [-0.15, -0.1) is 0 Å². The number of aryl methyl sites for hydroxylation is 1. The van der Waals surface area contributed by atoms with E-state index in [1.807, 2.05) is 20.8 Å². The van der Waals surface area contributed by atoms with Gasteiger partial charge in [0.15, 0.2) is 5.89 Å². The minimum Gasteiger partial charge on any atom is -0.449 e. The number of carbonyl (C=O) groups excluding carboxylic acids is 2. The van der Waals surface area contributed by atoms with E-state index in [9.17, 15) is 19.8 Å². The first-order valence-corrected chi connectivity index (χ1v) is 12.9. The molecule has 2 saturated heterocycles. The Morgan fingerprint density at radius 2 is 2.00 bits per heavy atom. The number of aromatic nitrogens is 1. The summed E-state index contributed by atoms with van der Waals surface area (Å²) in [6, 6.07) is -0.982. The minimum absolute atomic E-state index is 0.122. The number of nitrogens with one attached hydrogen (secondary N) is 1. The summed E-state index contributed by atoms with van der Waals surface area (Å²) in [4.78, 5) is 30.4. The van der Waals surface area contributed by atoms with E-state index in [0.29, 0.717) is 24.4 Å². The topological polar surface area (TPSA) is 125 Å². The number of ketones is 1. The van der Waals surface area contributed by atoms with E-state index >= 15 is 4.39 Å². The van der Waals surface area contributed by atoms with Crippen LogP contribution in [0.25, 0.3) is 6.08 Å². The molecule has 0 aliphatic carbocycles. The molecule has 2 aliphatic heterocycles. The van der Waals surface area contributed by atoms with Crippen molar-refractivity contribution in [3.8, 4) is 0 Å². The number of hydrogen-bond donors (Lipinski definition) is 3. The Hall–Kier alpha value is -2.10. The Kier molecular flexibility index (Phi) is 8.78. The molecule has 0 radical (unpaired) electrons. The summed E-state index contributed by atoms with van der Waals surface area (Å²) >= 11 is 0. The number of nitrogens with zero attached hydrogens (tertiary/aromatic N) is 1. The predicted octanol–water partition coefficient (Wildman–Crippen LogP) is 3.88. The molecule has 8 nitrogen and oxygen atoms in total.